The maximum Gasteiger partial charge on any atom is -1.00 e. The molecule has 0 aromatic heterocycles. The summed E-state index contributed by atoms with van der Waals surface area (Å²) in [6.07, 6.45) is 8.79. The van der Waals surface area contributed by atoms with E-state index in [-0.39, 0.29) is 30.2 Å². The van der Waals surface area contributed by atoms with Crippen molar-refractivity contribution in [1.29, 1.82) is 0 Å². The van der Waals surface area contributed by atoms with Crippen LogP contribution < -0.4 is 28.1 Å². The molecule has 4 aromatic carbocycles. The smallest absolute Gasteiger partial charge is 1.00 e. The van der Waals surface area contributed by atoms with E-state index in [1.165, 1.54) is 57.4 Å². The van der Waals surface area contributed by atoms with Crippen LogP contribution in [0.5, 0.6) is 0 Å². The molecule has 43 heavy (non-hydrogen) atoms. The first-order chi connectivity index (χ1) is 19.8. The molecule has 0 saturated heterocycles. The zero-order valence-corrected chi connectivity index (χ0v) is 30.2. The molecule has 0 N–H and O–H groups in total. The molecule has 0 aliphatic heterocycles. The van der Waals surface area contributed by atoms with Gasteiger partial charge in [-0.1, -0.05) is 0 Å². The number of hydrogen-bond acceptors (Lipinski definition) is 0. The third-order valence-corrected chi connectivity index (χ3v) is 17.2. The normalized spacial score (nSPS) is 14.8. The Kier molecular flexibility index (Phi) is 10.8. The molecule has 3 heteroatoms. The van der Waals surface area contributed by atoms with Crippen LogP contribution in [-0.4, -0.2) is 3.21 Å². The van der Waals surface area contributed by atoms with Gasteiger partial charge < -0.3 is 24.8 Å². The fraction of sp³-hybridized carbons (Fsp3) is 0.275. The number of halogens is 2. The molecule has 0 radical (unpaired) electrons. The number of rotatable bonds is 6. The second-order valence-corrected chi connectivity index (χ2v) is 18.7. The van der Waals surface area contributed by atoms with Crippen molar-refractivity contribution < 1.29 is 46.1 Å². The van der Waals surface area contributed by atoms with Crippen LogP contribution >= 0.6 is 0 Å². The summed E-state index contributed by atoms with van der Waals surface area (Å²) in [7, 11) is 0. The van der Waals surface area contributed by atoms with Crippen molar-refractivity contribution in [3.8, 4) is 11.1 Å². The van der Waals surface area contributed by atoms with E-state index in [0.29, 0.717) is 5.92 Å². The van der Waals surface area contributed by atoms with Gasteiger partial charge in [0, 0.05) is 0 Å². The average Bonchev–Trinajstić information content (AvgIpc) is 3.54. The molecule has 0 nitrogen and oxygen atoms in total. The van der Waals surface area contributed by atoms with Crippen LogP contribution in [0.3, 0.4) is 0 Å². The summed E-state index contributed by atoms with van der Waals surface area (Å²) in [5, 5.41) is 0. The molecule has 4 aromatic rings. The Morgan fingerprint density at radius 3 is 1.98 bits per heavy atom. The third kappa shape index (κ3) is 6.56. The molecule has 1 unspecified atom stereocenters. The molecule has 0 fully saturated rings. The van der Waals surface area contributed by atoms with E-state index in [1.807, 2.05) is 0 Å². The third-order valence-electron chi connectivity index (χ3n) is 8.91. The van der Waals surface area contributed by atoms with Crippen molar-refractivity contribution in [2.45, 2.75) is 60.8 Å². The molecule has 220 valence electrons. The van der Waals surface area contributed by atoms with Crippen molar-refractivity contribution in [3.63, 3.8) is 0 Å². The standard InChI is InChI=1S/C15H13.C13H10.C12H19.2ClH.Zr/c1-10-3-5-14-12(7-10)9-13-8-11(2)4-6-15(13)14;1-3-7-12(8-4-1)11-13-9-5-2-6-10-13;1-5-6-10-7-8-11(9-10)12(2,3)4;;;/h3-7H,9H2,1-2H3;1-10H;8-10H,5-6H2,1-4H3;2*1H;/q;;;;;+2/p-2. The van der Waals surface area contributed by atoms with Crippen LogP contribution in [0.25, 0.3) is 11.1 Å². The summed E-state index contributed by atoms with van der Waals surface area (Å²) in [5.74, 6) is 0.521. The van der Waals surface area contributed by atoms with E-state index in [4.69, 9.17) is 0 Å². The number of allylic oxidation sites excluding steroid dienone is 4. The molecule has 0 saturated carbocycles. The number of fused-ring (bicyclic) bond motifs is 3. The van der Waals surface area contributed by atoms with Gasteiger partial charge in [0.05, 0.1) is 0 Å². The van der Waals surface area contributed by atoms with Crippen LogP contribution in [0.2, 0.25) is 0 Å². The molecule has 1 atom stereocenters. The van der Waals surface area contributed by atoms with Crippen LogP contribution in [0.15, 0.2) is 112 Å². The molecule has 0 heterocycles. The van der Waals surface area contributed by atoms with Gasteiger partial charge in [0.2, 0.25) is 0 Å². The van der Waals surface area contributed by atoms with Gasteiger partial charge in [0.25, 0.3) is 0 Å². The van der Waals surface area contributed by atoms with Crippen LogP contribution in [-0.2, 0) is 27.7 Å². The van der Waals surface area contributed by atoms with E-state index >= 15 is 0 Å². The molecule has 0 amide bonds. The summed E-state index contributed by atoms with van der Waals surface area (Å²) in [6, 6.07) is 34.6. The van der Waals surface area contributed by atoms with Crippen LogP contribution in [0.4, 0.5) is 0 Å². The summed E-state index contributed by atoms with van der Waals surface area (Å²) < 4.78 is 5.08. The summed E-state index contributed by atoms with van der Waals surface area (Å²) in [5.41, 5.74) is 13.3. The Bertz CT molecular complexity index is 1660. The van der Waals surface area contributed by atoms with E-state index in [1.54, 1.807) is 15.3 Å². The molecule has 2 aliphatic carbocycles. The van der Waals surface area contributed by atoms with Gasteiger partial charge in [-0.05, 0) is 0 Å². The fourth-order valence-corrected chi connectivity index (χ4v) is 15.8. The first-order valence-electron chi connectivity index (χ1n) is 15.3. The molecule has 0 spiro atoms. The molecule has 2 aliphatic rings. The van der Waals surface area contributed by atoms with E-state index in [2.05, 4.69) is 145 Å². The second kappa shape index (κ2) is 13.8. The minimum atomic E-state index is -2.78. The number of benzene rings is 4. The predicted molar refractivity (Wildman–Crippen MR) is 174 cm³/mol. The van der Waals surface area contributed by atoms with E-state index < -0.39 is 21.3 Å². The summed E-state index contributed by atoms with van der Waals surface area (Å²) in [4.78, 5) is 0. The first-order valence-corrected chi connectivity index (χ1v) is 19.0. The van der Waals surface area contributed by atoms with Crippen molar-refractivity contribution in [2.75, 3.05) is 0 Å². The van der Waals surface area contributed by atoms with Crippen molar-refractivity contribution in [3.05, 3.63) is 145 Å². The van der Waals surface area contributed by atoms with Gasteiger partial charge in [0.15, 0.2) is 0 Å². The first kappa shape index (κ1) is 33.6. The molecule has 6 rings (SSSR count). The van der Waals surface area contributed by atoms with E-state index in [9.17, 15) is 0 Å². The largest absolute Gasteiger partial charge is 1.00 e. The average molecular weight is 685 g/mol. The minimum absolute atomic E-state index is 0. The number of hydrogen-bond donors (Lipinski definition) is 0. The van der Waals surface area contributed by atoms with Gasteiger partial charge in [-0.15, -0.1) is 0 Å². The SMILES string of the molecule is CCCC1C=C(C(C)(C)C)C=[C]1[Zr+2](=[C](c1ccccc1)c1ccccc1)[c]1c(C)ccc2c1Cc1cc(C)ccc1-2.[Cl-].[Cl-]. The van der Waals surface area contributed by atoms with Crippen LogP contribution in [0, 0.1) is 25.2 Å². The second-order valence-electron chi connectivity index (χ2n) is 13.0. The minimum Gasteiger partial charge on any atom is -1.00 e. The maximum absolute atomic E-state index is 2.78. The summed E-state index contributed by atoms with van der Waals surface area (Å²) in [6.45, 7) is 14.1. The topological polar surface area (TPSA) is 0 Å². The Morgan fingerprint density at radius 1 is 0.791 bits per heavy atom. The summed E-state index contributed by atoms with van der Waals surface area (Å²) >= 11 is -2.78. The Balaban J connectivity index is 0.00000212. The molecular formula is C40H42Cl2Zr. The molecular weight excluding hydrogens is 643 g/mol. The van der Waals surface area contributed by atoms with E-state index in [0.717, 1.165) is 6.42 Å². The van der Waals surface area contributed by atoms with Crippen molar-refractivity contribution in [1.82, 2.24) is 0 Å². The van der Waals surface area contributed by atoms with Crippen molar-refractivity contribution >= 4 is 6.48 Å². The van der Waals surface area contributed by atoms with Gasteiger partial charge in [0.1, 0.15) is 0 Å². The zero-order valence-electron chi connectivity index (χ0n) is 26.3. The number of aryl methyl sites for hydroxylation is 2. The quantitative estimate of drug-likeness (QED) is 0.256. The maximum atomic E-state index is 2.67. The Labute approximate surface area is 279 Å². The Morgan fingerprint density at radius 2 is 1.40 bits per heavy atom. The van der Waals surface area contributed by atoms with Gasteiger partial charge in [-0.25, -0.2) is 0 Å². The van der Waals surface area contributed by atoms with Gasteiger partial charge in [-0.2, -0.15) is 0 Å². The monoisotopic (exact) mass is 682 g/mol. The van der Waals surface area contributed by atoms with Crippen LogP contribution in [0.1, 0.15) is 73.9 Å². The Hall–Kier alpha value is -2.31. The zero-order chi connectivity index (χ0) is 28.7. The van der Waals surface area contributed by atoms with Gasteiger partial charge >= 0.3 is 256 Å². The fourth-order valence-electron chi connectivity index (χ4n) is 6.85. The predicted octanol–water partition coefficient (Wildman–Crippen LogP) is 3.68. The van der Waals surface area contributed by atoms with Crippen molar-refractivity contribution in [2.24, 2.45) is 11.3 Å². The molecule has 0 bridgehead atoms. The van der Waals surface area contributed by atoms with Gasteiger partial charge in [-0.3, -0.25) is 0 Å².